The first-order chi connectivity index (χ1) is 7.33. The quantitative estimate of drug-likeness (QED) is 0.566. The minimum atomic E-state index is -2.38. The molecule has 0 N–H and O–H groups in total. The summed E-state index contributed by atoms with van der Waals surface area (Å²) in [7, 11) is -2.38. The first-order valence-corrected chi connectivity index (χ1v) is 9.00. The molecular weight excluding hydrogens is 252 g/mol. The van der Waals surface area contributed by atoms with Gasteiger partial charge in [0.1, 0.15) is 0 Å². The summed E-state index contributed by atoms with van der Waals surface area (Å²) in [6.45, 7) is 4.11. The first-order valence-electron chi connectivity index (χ1n) is 5.38. The molecule has 0 aromatic rings. The van der Waals surface area contributed by atoms with Gasteiger partial charge in [0.25, 0.3) is 0 Å². The Morgan fingerprint density at radius 2 is 2.00 bits per heavy atom. The molecule has 1 saturated heterocycles. The van der Waals surface area contributed by atoms with E-state index < -0.39 is 8.80 Å². The summed E-state index contributed by atoms with van der Waals surface area (Å²) in [5, 5.41) is 0. The zero-order valence-corrected chi connectivity index (χ0v) is 11.7. The van der Waals surface area contributed by atoms with Gasteiger partial charge in [-0.2, -0.15) is 11.8 Å². The van der Waals surface area contributed by atoms with Crippen molar-refractivity contribution in [1.82, 2.24) is 0 Å². The Balaban J connectivity index is 2.49. The Labute approximate surface area is 102 Å². The third-order valence-electron chi connectivity index (χ3n) is 2.08. The van der Waals surface area contributed by atoms with E-state index in [0.29, 0.717) is 12.5 Å². The zero-order chi connectivity index (χ0) is 11.0. The van der Waals surface area contributed by atoms with Crippen LogP contribution >= 0.6 is 23.4 Å². The summed E-state index contributed by atoms with van der Waals surface area (Å²) in [5.74, 6) is 2.71. The molecule has 3 nitrogen and oxygen atoms in total. The van der Waals surface area contributed by atoms with Crippen LogP contribution in [0.25, 0.3) is 0 Å². The molecule has 1 aliphatic rings. The van der Waals surface area contributed by atoms with E-state index in [4.69, 9.17) is 24.9 Å². The fraction of sp³-hybridized carbons (Fsp3) is 1.00. The van der Waals surface area contributed by atoms with E-state index >= 15 is 0 Å². The second-order valence-corrected chi connectivity index (χ2v) is 7.55. The van der Waals surface area contributed by atoms with E-state index in [2.05, 4.69) is 0 Å². The Morgan fingerprint density at radius 1 is 1.33 bits per heavy atom. The topological polar surface area (TPSA) is 27.7 Å². The highest BCUT2D eigenvalue weighted by atomic mass is 35.5. The van der Waals surface area contributed by atoms with Crippen LogP contribution in [0.5, 0.6) is 0 Å². The van der Waals surface area contributed by atoms with Crippen LogP contribution in [0.4, 0.5) is 0 Å². The molecule has 0 amide bonds. The maximum atomic E-state index is 5.83. The first kappa shape index (κ1) is 13.8. The van der Waals surface area contributed by atoms with Crippen molar-refractivity contribution in [3.8, 4) is 0 Å². The monoisotopic (exact) mass is 270 g/mol. The Bertz CT molecular complexity index is 160. The summed E-state index contributed by atoms with van der Waals surface area (Å²) in [6.07, 6.45) is 0.904. The third-order valence-corrected chi connectivity index (χ3v) is 6.24. The van der Waals surface area contributed by atoms with Crippen LogP contribution in [0.1, 0.15) is 13.3 Å². The van der Waals surface area contributed by atoms with Crippen molar-refractivity contribution >= 4 is 32.2 Å². The lowest BCUT2D eigenvalue weighted by Crippen LogP contribution is -2.47. The summed E-state index contributed by atoms with van der Waals surface area (Å²) < 4.78 is 17.4. The number of thioether (sulfide) groups is 1. The summed E-state index contributed by atoms with van der Waals surface area (Å²) in [6, 6.07) is 0.842. The summed E-state index contributed by atoms with van der Waals surface area (Å²) >= 11 is 7.57. The second-order valence-electron chi connectivity index (χ2n) is 3.22. The molecule has 0 aromatic heterocycles. The van der Waals surface area contributed by atoms with Gasteiger partial charge in [0.15, 0.2) is 0 Å². The smallest absolute Gasteiger partial charge is 0.374 e. The predicted octanol–water partition coefficient (Wildman–Crippen LogP) is 2.37. The lowest BCUT2D eigenvalue weighted by atomic mass is 10.6. The Kier molecular flexibility index (Phi) is 7.29. The van der Waals surface area contributed by atoms with Crippen molar-refractivity contribution in [2.24, 2.45) is 0 Å². The van der Waals surface area contributed by atoms with Gasteiger partial charge in [-0.15, -0.1) is 11.6 Å². The van der Waals surface area contributed by atoms with Crippen LogP contribution in [0, 0.1) is 0 Å². The van der Waals surface area contributed by atoms with Crippen molar-refractivity contribution < 1.29 is 13.3 Å². The SMILES string of the molecule is CCO[Si]1(CCCCl)OCCSCCO1. The Hall–Kier alpha value is 0.737. The minimum absolute atomic E-state index is 0.642. The van der Waals surface area contributed by atoms with Gasteiger partial charge in [0, 0.05) is 43.3 Å². The van der Waals surface area contributed by atoms with Gasteiger partial charge in [-0.25, -0.2) is 0 Å². The van der Waals surface area contributed by atoms with Gasteiger partial charge in [-0.1, -0.05) is 0 Å². The lowest BCUT2D eigenvalue weighted by molar-refractivity contribution is 0.0709. The molecule has 0 radical (unpaired) electrons. The minimum Gasteiger partial charge on any atom is -0.374 e. The van der Waals surface area contributed by atoms with Gasteiger partial charge >= 0.3 is 8.80 Å². The molecule has 0 aromatic carbocycles. The molecule has 1 aliphatic heterocycles. The molecule has 0 saturated carbocycles. The molecule has 1 fully saturated rings. The maximum absolute atomic E-state index is 5.83. The van der Waals surface area contributed by atoms with Crippen molar-refractivity contribution in [3.63, 3.8) is 0 Å². The van der Waals surface area contributed by atoms with Crippen molar-refractivity contribution in [2.75, 3.05) is 37.2 Å². The molecule has 1 heterocycles. The van der Waals surface area contributed by atoms with Crippen molar-refractivity contribution in [2.45, 2.75) is 19.4 Å². The van der Waals surface area contributed by atoms with Crippen molar-refractivity contribution in [1.29, 1.82) is 0 Å². The molecule has 6 heteroatoms. The highest BCUT2D eigenvalue weighted by Gasteiger charge is 2.40. The highest BCUT2D eigenvalue weighted by molar-refractivity contribution is 7.99. The summed E-state index contributed by atoms with van der Waals surface area (Å²) in [5.41, 5.74) is 0. The largest absolute Gasteiger partial charge is 0.501 e. The standard InChI is InChI=1S/C9H19ClO3SSi/c1-2-11-15(9-3-4-10)12-5-7-14-8-6-13-15/h2-9H2,1H3. The molecular formula is C9H19ClO3SSi. The highest BCUT2D eigenvalue weighted by Crippen LogP contribution is 2.21. The van der Waals surface area contributed by atoms with Gasteiger partial charge < -0.3 is 13.3 Å². The fourth-order valence-electron chi connectivity index (χ4n) is 1.46. The normalized spacial score (nSPS) is 22.0. The van der Waals surface area contributed by atoms with Crippen LogP contribution < -0.4 is 0 Å². The maximum Gasteiger partial charge on any atom is 0.501 e. The van der Waals surface area contributed by atoms with E-state index in [1.807, 2.05) is 18.7 Å². The van der Waals surface area contributed by atoms with Gasteiger partial charge in [-0.05, 0) is 13.3 Å². The molecule has 1 rings (SSSR count). The van der Waals surface area contributed by atoms with Crippen LogP contribution in [0.3, 0.4) is 0 Å². The van der Waals surface area contributed by atoms with E-state index in [9.17, 15) is 0 Å². The van der Waals surface area contributed by atoms with Gasteiger partial charge in [0.2, 0.25) is 0 Å². The van der Waals surface area contributed by atoms with Crippen LogP contribution in [-0.4, -0.2) is 46.0 Å². The Morgan fingerprint density at radius 3 is 2.53 bits per heavy atom. The van der Waals surface area contributed by atoms with Crippen molar-refractivity contribution in [3.05, 3.63) is 0 Å². The number of alkyl halides is 1. The number of halogens is 1. The molecule has 0 atom stereocenters. The number of rotatable bonds is 5. The lowest BCUT2D eigenvalue weighted by Gasteiger charge is -2.30. The fourth-order valence-corrected chi connectivity index (χ4v) is 5.28. The number of hydrogen-bond donors (Lipinski definition) is 0. The predicted molar refractivity (Wildman–Crippen MR) is 66.8 cm³/mol. The van der Waals surface area contributed by atoms with E-state index in [-0.39, 0.29) is 0 Å². The van der Waals surface area contributed by atoms with E-state index in [1.165, 1.54) is 0 Å². The zero-order valence-electron chi connectivity index (χ0n) is 9.17. The molecule has 0 unspecified atom stereocenters. The van der Waals surface area contributed by atoms with Crippen LogP contribution in [0.15, 0.2) is 0 Å². The second kappa shape index (κ2) is 7.92. The third kappa shape index (κ3) is 5.06. The van der Waals surface area contributed by atoms with Crippen LogP contribution in [-0.2, 0) is 13.3 Å². The molecule has 0 aliphatic carbocycles. The molecule has 15 heavy (non-hydrogen) atoms. The van der Waals surface area contributed by atoms with Gasteiger partial charge in [-0.3, -0.25) is 0 Å². The average Bonchev–Trinajstić information content (AvgIpc) is 2.21. The number of hydrogen-bond acceptors (Lipinski definition) is 4. The molecule has 0 bridgehead atoms. The van der Waals surface area contributed by atoms with E-state index in [0.717, 1.165) is 37.2 Å². The van der Waals surface area contributed by atoms with Crippen LogP contribution in [0.2, 0.25) is 6.04 Å². The van der Waals surface area contributed by atoms with Gasteiger partial charge in [0.05, 0.1) is 0 Å². The molecule has 90 valence electrons. The molecule has 0 spiro atoms. The average molecular weight is 271 g/mol. The summed E-state index contributed by atoms with van der Waals surface area (Å²) in [4.78, 5) is 0. The van der Waals surface area contributed by atoms with E-state index in [1.54, 1.807) is 0 Å².